The minimum absolute atomic E-state index is 0.0216. The summed E-state index contributed by atoms with van der Waals surface area (Å²) in [5.74, 6) is 0.387. The van der Waals surface area contributed by atoms with Gasteiger partial charge < -0.3 is 9.84 Å². The van der Waals surface area contributed by atoms with Crippen LogP contribution < -0.4 is 10.3 Å². The Kier molecular flexibility index (Phi) is 5.34. The first kappa shape index (κ1) is 18.2. The molecule has 25 heavy (non-hydrogen) atoms. The van der Waals surface area contributed by atoms with Gasteiger partial charge in [0.05, 0.1) is 23.3 Å². The van der Waals surface area contributed by atoms with Gasteiger partial charge in [0.2, 0.25) is 0 Å². The van der Waals surface area contributed by atoms with E-state index in [4.69, 9.17) is 27.9 Å². The van der Waals surface area contributed by atoms with Gasteiger partial charge in [-0.25, -0.2) is 4.98 Å². The molecule has 8 heteroatoms. The van der Waals surface area contributed by atoms with Gasteiger partial charge in [0.1, 0.15) is 23.3 Å². The van der Waals surface area contributed by atoms with Crippen molar-refractivity contribution in [3.05, 3.63) is 55.4 Å². The number of hydrogen-bond donors (Lipinski definition) is 1. The quantitative estimate of drug-likeness (QED) is 0.709. The van der Waals surface area contributed by atoms with Crippen LogP contribution in [0.4, 0.5) is 0 Å². The topological polar surface area (TPSA) is 64.3 Å². The molecule has 0 aliphatic heterocycles. The number of thiophene rings is 1. The van der Waals surface area contributed by atoms with Crippen molar-refractivity contribution < 1.29 is 9.84 Å². The van der Waals surface area contributed by atoms with Crippen molar-refractivity contribution in [3.63, 3.8) is 0 Å². The highest BCUT2D eigenvalue weighted by molar-refractivity contribution is 7.18. The smallest absolute Gasteiger partial charge is 0.262 e. The molecule has 2 heterocycles. The molecule has 1 N–H and O–H groups in total. The molecule has 0 unspecified atom stereocenters. The number of ether oxygens (including phenoxy) is 1. The molecule has 3 aromatic rings. The highest BCUT2D eigenvalue weighted by Gasteiger charge is 2.15. The molecule has 2 aromatic heterocycles. The number of halogens is 2. The maximum Gasteiger partial charge on any atom is 0.262 e. The predicted molar refractivity (Wildman–Crippen MR) is 101 cm³/mol. The zero-order valence-electron chi connectivity index (χ0n) is 13.6. The van der Waals surface area contributed by atoms with E-state index in [0.29, 0.717) is 26.0 Å². The largest absolute Gasteiger partial charge is 0.489 e. The first-order chi connectivity index (χ1) is 11.9. The van der Waals surface area contributed by atoms with Crippen LogP contribution in [-0.4, -0.2) is 27.4 Å². The number of aryl methyl sites for hydroxylation is 2. The zero-order chi connectivity index (χ0) is 18.1. The number of hydrogen-bond acceptors (Lipinski definition) is 5. The Bertz CT molecular complexity index is 984. The molecular weight excluding hydrogens is 383 g/mol. The molecule has 132 valence electrons. The van der Waals surface area contributed by atoms with E-state index in [1.165, 1.54) is 22.2 Å². The van der Waals surface area contributed by atoms with Crippen molar-refractivity contribution in [2.24, 2.45) is 0 Å². The summed E-state index contributed by atoms with van der Waals surface area (Å²) in [5.41, 5.74) is 0.773. The zero-order valence-corrected chi connectivity index (χ0v) is 16.0. The fourth-order valence-electron chi connectivity index (χ4n) is 2.45. The van der Waals surface area contributed by atoms with Crippen molar-refractivity contribution >= 4 is 44.8 Å². The fraction of sp³-hybridized carbons (Fsp3) is 0.294. The standard InChI is InChI=1S/C17H16Cl2N2O3S/c1-9-10(2)25-16-15(9)17(23)21(8-20-16)6-12(22)7-24-14-5-11(18)3-4-13(14)19/h3-5,8,12,22H,6-7H2,1-2H3/t12-/m1/s1. The van der Waals surface area contributed by atoms with Crippen LogP contribution in [0.2, 0.25) is 10.0 Å². The lowest BCUT2D eigenvalue weighted by molar-refractivity contribution is 0.0915. The molecule has 1 aromatic carbocycles. The van der Waals surface area contributed by atoms with E-state index in [0.717, 1.165) is 10.4 Å². The Morgan fingerprint density at radius 2 is 2.12 bits per heavy atom. The molecule has 5 nitrogen and oxygen atoms in total. The van der Waals surface area contributed by atoms with Gasteiger partial charge in [0.25, 0.3) is 5.56 Å². The number of aliphatic hydroxyl groups excluding tert-OH is 1. The molecule has 0 bridgehead atoms. The average molecular weight is 399 g/mol. The summed E-state index contributed by atoms with van der Waals surface area (Å²) in [6.07, 6.45) is 0.558. The number of aromatic nitrogens is 2. The first-order valence-electron chi connectivity index (χ1n) is 7.58. The van der Waals surface area contributed by atoms with Gasteiger partial charge in [0, 0.05) is 16.0 Å². The summed E-state index contributed by atoms with van der Waals surface area (Å²) < 4.78 is 6.90. The Balaban J connectivity index is 1.75. The van der Waals surface area contributed by atoms with Gasteiger partial charge in [-0.05, 0) is 31.5 Å². The summed E-state index contributed by atoms with van der Waals surface area (Å²) in [5, 5.41) is 11.7. The monoisotopic (exact) mass is 398 g/mol. The molecular formula is C17H16Cl2N2O3S. The maximum atomic E-state index is 12.6. The SMILES string of the molecule is Cc1sc2ncn(C[C@@H](O)COc3cc(Cl)ccc3Cl)c(=O)c2c1C. The molecule has 3 rings (SSSR count). The molecule has 1 atom stereocenters. The lowest BCUT2D eigenvalue weighted by atomic mass is 10.2. The van der Waals surface area contributed by atoms with E-state index in [2.05, 4.69) is 4.98 Å². The van der Waals surface area contributed by atoms with Crippen LogP contribution in [-0.2, 0) is 6.54 Å². The second-order valence-electron chi connectivity index (χ2n) is 5.71. The lowest BCUT2D eigenvalue weighted by Crippen LogP contribution is -2.30. The molecule has 0 fully saturated rings. The predicted octanol–water partition coefficient (Wildman–Crippen LogP) is 3.82. The normalized spacial score (nSPS) is 12.5. The molecule has 0 saturated heterocycles. The van der Waals surface area contributed by atoms with Gasteiger partial charge in [0.15, 0.2) is 0 Å². The third-order valence-electron chi connectivity index (χ3n) is 3.89. The van der Waals surface area contributed by atoms with E-state index in [1.54, 1.807) is 18.2 Å². The van der Waals surface area contributed by atoms with E-state index >= 15 is 0 Å². The number of rotatable bonds is 5. The first-order valence-corrected chi connectivity index (χ1v) is 9.15. The summed E-state index contributed by atoms with van der Waals surface area (Å²) in [7, 11) is 0. The third kappa shape index (κ3) is 3.82. The Labute approximate surface area is 158 Å². The summed E-state index contributed by atoms with van der Waals surface area (Å²) >= 11 is 13.4. The van der Waals surface area contributed by atoms with Crippen LogP contribution in [0, 0.1) is 13.8 Å². The second-order valence-corrected chi connectivity index (χ2v) is 7.75. The number of aliphatic hydroxyl groups is 1. The van der Waals surface area contributed by atoms with Crippen LogP contribution in [0.25, 0.3) is 10.2 Å². The molecule has 0 aliphatic rings. The Hall–Kier alpha value is -1.60. The van der Waals surface area contributed by atoms with Crippen molar-refractivity contribution in [1.29, 1.82) is 0 Å². The maximum absolute atomic E-state index is 12.6. The summed E-state index contributed by atoms with van der Waals surface area (Å²) in [6.45, 7) is 3.92. The van der Waals surface area contributed by atoms with Crippen LogP contribution in [0.3, 0.4) is 0 Å². The van der Waals surface area contributed by atoms with Gasteiger partial charge >= 0.3 is 0 Å². The molecule has 0 radical (unpaired) electrons. The van der Waals surface area contributed by atoms with E-state index in [1.807, 2.05) is 13.8 Å². The average Bonchev–Trinajstić information content (AvgIpc) is 2.86. The fourth-order valence-corrected chi connectivity index (χ4v) is 3.78. The van der Waals surface area contributed by atoms with Crippen LogP contribution >= 0.6 is 34.5 Å². The number of nitrogens with zero attached hydrogens (tertiary/aromatic N) is 2. The molecule has 0 amide bonds. The van der Waals surface area contributed by atoms with Crippen LogP contribution in [0.15, 0.2) is 29.3 Å². The minimum Gasteiger partial charge on any atom is -0.489 e. The lowest BCUT2D eigenvalue weighted by Gasteiger charge is -2.14. The summed E-state index contributed by atoms with van der Waals surface area (Å²) in [4.78, 5) is 18.7. The highest BCUT2D eigenvalue weighted by atomic mass is 35.5. The highest BCUT2D eigenvalue weighted by Crippen LogP contribution is 2.28. The van der Waals surface area contributed by atoms with Crippen molar-refractivity contribution in [2.75, 3.05) is 6.61 Å². The van der Waals surface area contributed by atoms with Gasteiger partial charge in [-0.15, -0.1) is 11.3 Å². The minimum atomic E-state index is -0.896. The third-order valence-corrected chi connectivity index (χ3v) is 5.55. The Morgan fingerprint density at radius 1 is 1.36 bits per heavy atom. The Morgan fingerprint density at radius 3 is 2.88 bits per heavy atom. The number of benzene rings is 1. The van der Waals surface area contributed by atoms with Gasteiger partial charge in [-0.2, -0.15) is 0 Å². The van der Waals surface area contributed by atoms with Gasteiger partial charge in [-0.3, -0.25) is 9.36 Å². The molecule has 0 aliphatic carbocycles. The van der Waals surface area contributed by atoms with E-state index < -0.39 is 6.10 Å². The molecule has 0 spiro atoms. The van der Waals surface area contributed by atoms with Crippen molar-refractivity contribution in [3.8, 4) is 5.75 Å². The van der Waals surface area contributed by atoms with Crippen molar-refractivity contribution in [1.82, 2.24) is 9.55 Å². The summed E-state index contributed by atoms with van der Waals surface area (Å²) in [6, 6.07) is 4.85. The van der Waals surface area contributed by atoms with Gasteiger partial charge in [-0.1, -0.05) is 23.2 Å². The number of fused-ring (bicyclic) bond motifs is 1. The van der Waals surface area contributed by atoms with Crippen LogP contribution in [0.5, 0.6) is 5.75 Å². The van der Waals surface area contributed by atoms with E-state index in [-0.39, 0.29) is 18.7 Å². The van der Waals surface area contributed by atoms with E-state index in [9.17, 15) is 9.90 Å². The van der Waals surface area contributed by atoms with Crippen molar-refractivity contribution in [2.45, 2.75) is 26.5 Å². The molecule has 0 saturated carbocycles. The second kappa shape index (κ2) is 7.33. The van der Waals surface area contributed by atoms with Crippen LogP contribution in [0.1, 0.15) is 10.4 Å².